The quantitative estimate of drug-likeness (QED) is 0.806. The molecule has 2 aromatic heterocycles. The van der Waals surface area contributed by atoms with Gasteiger partial charge in [0, 0.05) is 24.2 Å². The summed E-state index contributed by atoms with van der Waals surface area (Å²) < 4.78 is 2.05. The zero-order chi connectivity index (χ0) is 15.5. The molecule has 0 saturated carbocycles. The molecule has 0 aliphatic carbocycles. The summed E-state index contributed by atoms with van der Waals surface area (Å²) in [6.45, 7) is 2.17. The first-order chi connectivity index (χ1) is 11.4. The molecule has 1 aliphatic rings. The monoisotopic (exact) mass is 306 g/mol. The highest BCUT2D eigenvalue weighted by Gasteiger charge is 2.19. The molecule has 1 atom stereocenters. The van der Waals surface area contributed by atoms with Gasteiger partial charge in [0.1, 0.15) is 0 Å². The third kappa shape index (κ3) is 2.99. The minimum atomic E-state index is 0.538. The van der Waals surface area contributed by atoms with Crippen molar-refractivity contribution >= 4 is 5.65 Å². The maximum atomic E-state index is 4.63. The highest BCUT2D eigenvalue weighted by Crippen LogP contribution is 2.24. The molecule has 0 bridgehead atoms. The first-order valence-corrected chi connectivity index (χ1v) is 8.48. The van der Waals surface area contributed by atoms with E-state index in [0.29, 0.717) is 5.92 Å². The van der Waals surface area contributed by atoms with E-state index in [1.165, 1.54) is 29.7 Å². The van der Waals surface area contributed by atoms with Crippen molar-refractivity contribution in [3.8, 4) is 0 Å². The van der Waals surface area contributed by atoms with Crippen LogP contribution in [0.3, 0.4) is 0 Å². The minimum Gasteiger partial charge on any atom is -0.316 e. The first-order valence-electron chi connectivity index (χ1n) is 8.48. The summed E-state index contributed by atoms with van der Waals surface area (Å²) in [6, 6.07) is 12.7. The fourth-order valence-electron chi connectivity index (χ4n) is 3.47. The summed E-state index contributed by atoms with van der Waals surface area (Å²) >= 11 is 0. The molecule has 1 aliphatic heterocycles. The van der Waals surface area contributed by atoms with Gasteiger partial charge in [-0.3, -0.25) is 0 Å². The second-order valence-electron chi connectivity index (χ2n) is 6.30. The SMILES string of the molecule is c1ccc(CCc2cnn3c(C4CCCNC4)ccnc23)cc1. The molecule has 4 rings (SSSR count). The number of aromatic nitrogens is 3. The molecule has 118 valence electrons. The van der Waals surface area contributed by atoms with Gasteiger partial charge in [-0.15, -0.1) is 0 Å². The number of nitrogens with one attached hydrogen (secondary N) is 1. The summed E-state index contributed by atoms with van der Waals surface area (Å²) in [5.74, 6) is 0.538. The fraction of sp³-hybridized carbons (Fsp3) is 0.368. The molecule has 4 heteroatoms. The van der Waals surface area contributed by atoms with E-state index in [1.807, 2.05) is 12.4 Å². The lowest BCUT2D eigenvalue weighted by atomic mass is 9.96. The summed E-state index contributed by atoms with van der Waals surface area (Å²) in [4.78, 5) is 4.59. The molecule has 1 unspecified atom stereocenters. The van der Waals surface area contributed by atoms with E-state index in [1.54, 1.807) is 0 Å². The smallest absolute Gasteiger partial charge is 0.158 e. The average Bonchev–Trinajstić information content (AvgIpc) is 3.05. The van der Waals surface area contributed by atoms with E-state index >= 15 is 0 Å². The van der Waals surface area contributed by atoms with Crippen molar-refractivity contribution in [3.05, 3.63) is 65.6 Å². The lowest BCUT2D eigenvalue weighted by Crippen LogP contribution is -2.29. The first kappa shape index (κ1) is 14.4. The van der Waals surface area contributed by atoms with E-state index in [2.05, 4.69) is 56.3 Å². The standard InChI is InChI=1S/C19H22N4/c1-2-5-15(6-3-1)8-9-17-14-22-23-18(10-12-21-19(17)23)16-7-4-11-20-13-16/h1-3,5-6,10,12,14,16,20H,4,7-9,11,13H2. The van der Waals surface area contributed by atoms with Crippen LogP contribution in [-0.2, 0) is 12.8 Å². The van der Waals surface area contributed by atoms with Crippen LogP contribution in [0.2, 0.25) is 0 Å². The normalized spacial score (nSPS) is 18.3. The Bertz CT molecular complexity index is 772. The van der Waals surface area contributed by atoms with Crippen LogP contribution >= 0.6 is 0 Å². The average molecular weight is 306 g/mol. The Hall–Kier alpha value is -2.20. The molecule has 3 heterocycles. The van der Waals surface area contributed by atoms with Gasteiger partial charge in [-0.1, -0.05) is 30.3 Å². The Balaban J connectivity index is 1.59. The predicted octanol–water partition coefficient (Wildman–Crippen LogP) is 2.98. The van der Waals surface area contributed by atoms with Crippen molar-refractivity contribution in [1.29, 1.82) is 0 Å². The molecule has 1 saturated heterocycles. The Kier molecular flexibility index (Phi) is 4.07. The van der Waals surface area contributed by atoms with Crippen LogP contribution in [-0.4, -0.2) is 27.7 Å². The van der Waals surface area contributed by atoms with Gasteiger partial charge in [0.2, 0.25) is 0 Å². The Morgan fingerprint density at radius 1 is 1.13 bits per heavy atom. The second kappa shape index (κ2) is 6.50. The van der Waals surface area contributed by atoms with Crippen LogP contribution in [0.1, 0.15) is 35.6 Å². The van der Waals surface area contributed by atoms with Gasteiger partial charge in [0.05, 0.1) is 11.9 Å². The molecule has 23 heavy (non-hydrogen) atoms. The van der Waals surface area contributed by atoms with E-state index < -0.39 is 0 Å². The van der Waals surface area contributed by atoms with Crippen molar-refractivity contribution in [2.45, 2.75) is 31.6 Å². The molecule has 4 nitrogen and oxygen atoms in total. The van der Waals surface area contributed by atoms with Crippen LogP contribution < -0.4 is 5.32 Å². The van der Waals surface area contributed by atoms with Crippen LogP contribution in [0.4, 0.5) is 0 Å². The zero-order valence-corrected chi connectivity index (χ0v) is 13.3. The predicted molar refractivity (Wildman–Crippen MR) is 91.7 cm³/mol. The van der Waals surface area contributed by atoms with E-state index in [9.17, 15) is 0 Å². The molecular formula is C19H22N4. The van der Waals surface area contributed by atoms with Gasteiger partial charge in [-0.05, 0) is 43.9 Å². The van der Waals surface area contributed by atoms with Gasteiger partial charge >= 0.3 is 0 Å². The van der Waals surface area contributed by atoms with E-state index in [0.717, 1.165) is 31.6 Å². The van der Waals surface area contributed by atoms with E-state index in [4.69, 9.17) is 0 Å². The van der Waals surface area contributed by atoms with E-state index in [-0.39, 0.29) is 0 Å². The van der Waals surface area contributed by atoms with Crippen LogP contribution in [0, 0.1) is 0 Å². The topological polar surface area (TPSA) is 42.2 Å². The molecule has 0 amide bonds. The zero-order valence-electron chi connectivity index (χ0n) is 13.3. The molecule has 3 aromatic rings. The number of hydrogen-bond donors (Lipinski definition) is 1. The highest BCUT2D eigenvalue weighted by molar-refractivity contribution is 5.47. The molecule has 1 aromatic carbocycles. The molecule has 1 N–H and O–H groups in total. The number of fused-ring (bicyclic) bond motifs is 1. The molecule has 1 fully saturated rings. The fourth-order valence-corrected chi connectivity index (χ4v) is 3.47. The highest BCUT2D eigenvalue weighted by atomic mass is 15.3. The van der Waals surface area contributed by atoms with Gasteiger partial charge in [0.15, 0.2) is 5.65 Å². The van der Waals surface area contributed by atoms with Gasteiger partial charge in [-0.2, -0.15) is 5.10 Å². The van der Waals surface area contributed by atoms with Crippen LogP contribution in [0.5, 0.6) is 0 Å². The molecule has 0 radical (unpaired) electrons. The molecule has 0 spiro atoms. The van der Waals surface area contributed by atoms with Crippen LogP contribution in [0.15, 0.2) is 48.8 Å². The van der Waals surface area contributed by atoms with Crippen molar-refractivity contribution in [2.24, 2.45) is 0 Å². The number of nitrogens with zero attached hydrogens (tertiary/aromatic N) is 3. The Labute approximate surface area is 136 Å². The number of piperidine rings is 1. The number of hydrogen-bond acceptors (Lipinski definition) is 3. The van der Waals surface area contributed by atoms with Crippen molar-refractivity contribution in [3.63, 3.8) is 0 Å². The summed E-state index contributed by atoms with van der Waals surface area (Å²) in [6.07, 6.45) is 8.39. The maximum absolute atomic E-state index is 4.63. The lowest BCUT2D eigenvalue weighted by Gasteiger charge is -2.23. The third-order valence-corrected chi connectivity index (χ3v) is 4.74. The van der Waals surface area contributed by atoms with Crippen molar-refractivity contribution < 1.29 is 0 Å². The summed E-state index contributed by atoms with van der Waals surface area (Å²) in [5, 5.41) is 8.12. The minimum absolute atomic E-state index is 0.538. The third-order valence-electron chi connectivity index (χ3n) is 4.74. The summed E-state index contributed by atoms with van der Waals surface area (Å²) in [5.41, 5.74) is 4.90. The Morgan fingerprint density at radius 2 is 2.04 bits per heavy atom. The number of benzene rings is 1. The number of rotatable bonds is 4. The van der Waals surface area contributed by atoms with Gasteiger partial charge in [0.25, 0.3) is 0 Å². The maximum Gasteiger partial charge on any atom is 0.158 e. The van der Waals surface area contributed by atoms with Crippen molar-refractivity contribution in [2.75, 3.05) is 13.1 Å². The van der Waals surface area contributed by atoms with Gasteiger partial charge in [-0.25, -0.2) is 9.50 Å². The van der Waals surface area contributed by atoms with Crippen LogP contribution in [0.25, 0.3) is 5.65 Å². The van der Waals surface area contributed by atoms with Gasteiger partial charge < -0.3 is 5.32 Å². The lowest BCUT2D eigenvalue weighted by molar-refractivity contribution is 0.448. The Morgan fingerprint density at radius 3 is 2.87 bits per heavy atom. The summed E-state index contributed by atoms with van der Waals surface area (Å²) in [7, 11) is 0. The second-order valence-corrected chi connectivity index (χ2v) is 6.30. The number of aryl methyl sites for hydroxylation is 2. The molecular weight excluding hydrogens is 284 g/mol. The van der Waals surface area contributed by atoms with Crippen molar-refractivity contribution in [1.82, 2.24) is 19.9 Å². The largest absolute Gasteiger partial charge is 0.316 e.